The van der Waals surface area contributed by atoms with E-state index in [1.807, 2.05) is 0 Å². The van der Waals surface area contributed by atoms with E-state index >= 15 is 0 Å². The van der Waals surface area contributed by atoms with Gasteiger partial charge in [-0.1, -0.05) is 6.07 Å². The smallest absolute Gasteiger partial charge is 0.422 e. The van der Waals surface area contributed by atoms with E-state index in [-0.39, 0.29) is 30.6 Å². The summed E-state index contributed by atoms with van der Waals surface area (Å²) >= 11 is 0. The minimum Gasteiger partial charge on any atom is -0.484 e. The van der Waals surface area contributed by atoms with Crippen LogP contribution >= 0.6 is 12.4 Å². The first kappa shape index (κ1) is 21.5. The van der Waals surface area contributed by atoms with E-state index in [9.17, 15) is 18.0 Å². The Morgan fingerprint density at radius 2 is 2.00 bits per heavy atom. The molecule has 1 aromatic rings. The van der Waals surface area contributed by atoms with Crippen molar-refractivity contribution in [2.24, 2.45) is 0 Å². The van der Waals surface area contributed by atoms with Crippen LogP contribution in [0.15, 0.2) is 18.2 Å². The maximum Gasteiger partial charge on any atom is 0.422 e. The molecule has 0 fully saturated rings. The Kier molecular flexibility index (Phi) is 9.62. The Morgan fingerprint density at radius 3 is 2.61 bits per heavy atom. The van der Waals surface area contributed by atoms with E-state index in [1.54, 1.807) is 20.1 Å². The van der Waals surface area contributed by atoms with Crippen LogP contribution in [-0.4, -0.2) is 45.5 Å². The fraction of sp³-hybridized carbons (Fsp3) is 0.500. The summed E-state index contributed by atoms with van der Waals surface area (Å²) in [5, 5.41) is 5.49. The van der Waals surface area contributed by atoms with E-state index < -0.39 is 12.8 Å². The van der Waals surface area contributed by atoms with E-state index in [4.69, 9.17) is 9.47 Å². The molecule has 23 heavy (non-hydrogen) atoms. The molecule has 0 aliphatic rings. The number of hydrogen-bond acceptors (Lipinski definition) is 4. The van der Waals surface area contributed by atoms with Gasteiger partial charge in [-0.3, -0.25) is 4.79 Å². The van der Waals surface area contributed by atoms with Crippen LogP contribution < -0.4 is 15.4 Å². The Labute approximate surface area is 138 Å². The molecule has 5 nitrogen and oxygen atoms in total. The van der Waals surface area contributed by atoms with Gasteiger partial charge < -0.3 is 20.1 Å². The van der Waals surface area contributed by atoms with Crippen molar-refractivity contribution in [3.05, 3.63) is 23.8 Å². The maximum absolute atomic E-state index is 12.2. The second kappa shape index (κ2) is 10.3. The van der Waals surface area contributed by atoms with Crippen LogP contribution in [-0.2, 0) is 9.53 Å². The van der Waals surface area contributed by atoms with Gasteiger partial charge in [-0.15, -0.1) is 12.4 Å². The number of ether oxygens (including phenoxy) is 2. The van der Waals surface area contributed by atoms with Gasteiger partial charge >= 0.3 is 6.18 Å². The number of rotatable bonds is 8. The summed E-state index contributed by atoms with van der Waals surface area (Å²) in [4.78, 5) is 11.7. The molecule has 0 radical (unpaired) electrons. The minimum absolute atomic E-state index is 0. The molecular weight excluding hydrogens is 337 g/mol. The van der Waals surface area contributed by atoms with Gasteiger partial charge in [-0.2, -0.15) is 13.2 Å². The SMILES string of the molecule is COCCNCC(=O)Nc1cccc(OCC(F)(F)F)c1C.Cl. The molecule has 2 N–H and O–H groups in total. The van der Waals surface area contributed by atoms with Crippen molar-refractivity contribution >= 4 is 24.0 Å². The summed E-state index contributed by atoms with van der Waals surface area (Å²) in [6.07, 6.45) is -4.41. The van der Waals surface area contributed by atoms with Crippen molar-refractivity contribution in [1.29, 1.82) is 0 Å². The number of hydrogen-bond donors (Lipinski definition) is 2. The Morgan fingerprint density at radius 1 is 1.30 bits per heavy atom. The molecule has 1 amide bonds. The zero-order chi connectivity index (χ0) is 16.6. The number of carbonyl (C=O) groups excluding carboxylic acids is 1. The molecule has 0 saturated heterocycles. The van der Waals surface area contributed by atoms with Gasteiger partial charge in [0.1, 0.15) is 5.75 Å². The molecule has 0 aliphatic heterocycles. The molecule has 0 atom stereocenters. The molecule has 1 aromatic carbocycles. The normalized spacial score (nSPS) is 10.8. The predicted octanol–water partition coefficient (Wildman–Crippen LogP) is 2.53. The number of halogens is 4. The third-order valence-electron chi connectivity index (χ3n) is 2.72. The van der Waals surface area contributed by atoms with Crippen molar-refractivity contribution in [2.75, 3.05) is 38.7 Å². The molecule has 0 spiro atoms. The summed E-state index contributed by atoms with van der Waals surface area (Å²) in [7, 11) is 1.55. The molecule has 0 unspecified atom stereocenters. The zero-order valence-corrected chi connectivity index (χ0v) is 13.6. The number of benzene rings is 1. The maximum atomic E-state index is 12.2. The lowest BCUT2D eigenvalue weighted by atomic mass is 10.2. The summed E-state index contributed by atoms with van der Waals surface area (Å²) in [6.45, 7) is 1.30. The number of carbonyl (C=O) groups is 1. The van der Waals surface area contributed by atoms with Crippen LogP contribution in [0.1, 0.15) is 5.56 Å². The molecule has 132 valence electrons. The summed E-state index contributed by atoms with van der Waals surface area (Å²) in [6, 6.07) is 4.54. The average molecular weight is 357 g/mol. The van der Waals surface area contributed by atoms with Crippen molar-refractivity contribution < 1.29 is 27.4 Å². The van der Waals surface area contributed by atoms with Gasteiger partial charge in [0.05, 0.1) is 13.2 Å². The molecular formula is C14H20ClF3N2O3. The molecule has 0 aromatic heterocycles. The first-order chi connectivity index (χ1) is 10.3. The van der Waals surface area contributed by atoms with Crippen LogP contribution in [0.2, 0.25) is 0 Å². The van der Waals surface area contributed by atoms with E-state index in [2.05, 4.69) is 10.6 Å². The van der Waals surface area contributed by atoms with Crippen LogP contribution in [0.4, 0.5) is 18.9 Å². The van der Waals surface area contributed by atoms with Crippen molar-refractivity contribution in [3.8, 4) is 5.75 Å². The fourth-order valence-electron chi connectivity index (χ4n) is 1.64. The predicted molar refractivity (Wildman–Crippen MR) is 83.4 cm³/mol. The van der Waals surface area contributed by atoms with Crippen molar-refractivity contribution in [1.82, 2.24) is 5.32 Å². The molecule has 0 saturated carbocycles. The van der Waals surface area contributed by atoms with Crippen LogP contribution in [0, 0.1) is 6.92 Å². The Balaban J connectivity index is 0.00000484. The van der Waals surface area contributed by atoms with Gasteiger partial charge in [-0.25, -0.2) is 0 Å². The van der Waals surface area contributed by atoms with Crippen LogP contribution in [0.25, 0.3) is 0 Å². The minimum atomic E-state index is -4.41. The van der Waals surface area contributed by atoms with Gasteiger partial charge in [0, 0.05) is 24.9 Å². The summed E-state index contributed by atoms with van der Waals surface area (Å²) < 4.78 is 46.1. The van der Waals surface area contributed by atoms with E-state index in [0.29, 0.717) is 24.4 Å². The summed E-state index contributed by atoms with van der Waals surface area (Å²) in [5.41, 5.74) is 0.857. The highest BCUT2D eigenvalue weighted by Crippen LogP contribution is 2.27. The lowest BCUT2D eigenvalue weighted by Gasteiger charge is -2.14. The fourth-order valence-corrected chi connectivity index (χ4v) is 1.64. The van der Waals surface area contributed by atoms with E-state index in [0.717, 1.165) is 0 Å². The Hall–Kier alpha value is -1.51. The van der Waals surface area contributed by atoms with Crippen molar-refractivity contribution in [2.45, 2.75) is 13.1 Å². The quantitative estimate of drug-likeness (QED) is 0.703. The highest BCUT2D eigenvalue weighted by atomic mass is 35.5. The molecule has 0 aliphatic carbocycles. The third-order valence-corrected chi connectivity index (χ3v) is 2.72. The summed E-state index contributed by atoms with van der Waals surface area (Å²) in [5.74, 6) is -0.213. The molecule has 0 heterocycles. The standard InChI is InChI=1S/C14H19F3N2O3.ClH/c1-10-11(19-13(20)8-18-6-7-21-2)4-3-5-12(10)22-9-14(15,16)17;/h3-5,18H,6-9H2,1-2H3,(H,19,20);1H. The highest BCUT2D eigenvalue weighted by Gasteiger charge is 2.28. The van der Waals surface area contributed by atoms with Crippen molar-refractivity contribution in [3.63, 3.8) is 0 Å². The molecule has 1 rings (SSSR count). The first-order valence-electron chi connectivity index (χ1n) is 6.62. The van der Waals surface area contributed by atoms with Gasteiger partial charge in [0.15, 0.2) is 6.61 Å². The molecule has 0 bridgehead atoms. The lowest BCUT2D eigenvalue weighted by molar-refractivity contribution is -0.153. The topological polar surface area (TPSA) is 59.6 Å². The first-order valence-corrected chi connectivity index (χ1v) is 6.62. The largest absolute Gasteiger partial charge is 0.484 e. The monoisotopic (exact) mass is 356 g/mol. The number of alkyl halides is 3. The average Bonchev–Trinajstić information content (AvgIpc) is 2.44. The van der Waals surface area contributed by atoms with Gasteiger partial charge in [0.2, 0.25) is 5.91 Å². The van der Waals surface area contributed by atoms with Crippen LogP contribution in [0.5, 0.6) is 5.75 Å². The number of methoxy groups -OCH3 is 1. The lowest BCUT2D eigenvalue weighted by Crippen LogP contribution is -2.30. The number of amides is 1. The molecule has 9 heteroatoms. The van der Waals surface area contributed by atoms with E-state index in [1.165, 1.54) is 12.1 Å². The third kappa shape index (κ3) is 8.63. The van der Waals surface area contributed by atoms with Gasteiger partial charge in [-0.05, 0) is 19.1 Å². The van der Waals surface area contributed by atoms with Gasteiger partial charge in [0.25, 0.3) is 0 Å². The Bertz CT molecular complexity index is 499. The van der Waals surface area contributed by atoms with Crippen LogP contribution in [0.3, 0.4) is 0 Å². The number of nitrogens with one attached hydrogen (secondary N) is 2. The highest BCUT2D eigenvalue weighted by molar-refractivity contribution is 5.93. The number of anilines is 1. The zero-order valence-electron chi connectivity index (χ0n) is 12.8. The second-order valence-corrected chi connectivity index (χ2v) is 4.55. The second-order valence-electron chi connectivity index (χ2n) is 4.55.